The van der Waals surface area contributed by atoms with Crippen molar-refractivity contribution in [3.8, 4) is 11.5 Å². The van der Waals surface area contributed by atoms with Crippen molar-refractivity contribution in [3.05, 3.63) is 72.1 Å². The van der Waals surface area contributed by atoms with Gasteiger partial charge >= 0.3 is 31.8 Å². The van der Waals surface area contributed by atoms with Crippen LogP contribution in [0, 0.1) is 13.8 Å². The average molecular weight is 471 g/mol. The monoisotopic (exact) mass is 470 g/mol. The molecule has 0 bridgehead atoms. The number of para-hydroxylation sites is 2. The molecule has 2 heterocycles. The summed E-state index contributed by atoms with van der Waals surface area (Å²) >= 11 is 0.422. The van der Waals surface area contributed by atoms with Crippen LogP contribution in [0.2, 0.25) is 0 Å². The van der Waals surface area contributed by atoms with E-state index in [4.69, 9.17) is 8.58 Å². The van der Waals surface area contributed by atoms with E-state index in [-0.39, 0.29) is 11.5 Å². The summed E-state index contributed by atoms with van der Waals surface area (Å²) in [6, 6.07) is 18.6. The predicted molar refractivity (Wildman–Crippen MR) is 111 cm³/mol. The van der Waals surface area contributed by atoms with Gasteiger partial charge in [-0.05, 0) is 38.1 Å². The van der Waals surface area contributed by atoms with Crippen LogP contribution in [0.1, 0.15) is 11.4 Å². The summed E-state index contributed by atoms with van der Waals surface area (Å²) in [4.78, 5) is 8.45. The number of aryl methyl sites for hydroxylation is 2. The molecule has 0 aliphatic heterocycles. The molecule has 0 fully saturated rings. The van der Waals surface area contributed by atoms with Gasteiger partial charge in [-0.3, -0.25) is 0 Å². The molecule has 0 saturated carbocycles. The van der Waals surface area contributed by atoms with Gasteiger partial charge in [0.2, 0.25) is 0 Å². The molecule has 26 heavy (non-hydrogen) atoms. The Labute approximate surface area is 170 Å². The van der Waals surface area contributed by atoms with Gasteiger partial charge < -0.3 is 10.2 Å². The van der Waals surface area contributed by atoms with Gasteiger partial charge in [-0.25, -0.2) is 9.97 Å². The van der Waals surface area contributed by atoms with Crippen LogP contribution < -0.4 is 0 Å². The molecule has 0 amide bonds. The first-order valence-electron chi connectivity index (χ1n) is 8.03. The van der Waals surface area contributed by atoms with E-state index >= 15 is 0 Å². The van der Waals surface area contributed by atoms with E-state index in [1.165, 1.54) is 0 Å². The minimum absolute atomic E-state index is 0.246. The molecule has 6 heteroatoms. The van der Waals surface area contributed by atoms with Crippen LogP contribution in [0.25, 0.3) is 21.8 Å². The number of aromatic hydroxyl groups is 2. The third-order valence-electron chi connectivity index (χ3n) is 3.68. The molecule has 0 radical (unpaired) electrons. The van der Waals surface area contributed by atoms with Crippen molar-refractivity contribution in [3.63, 3.8) is 0 Å². The molecule has 2 N–H and O–H groups in total. The topological polar surface area (TPSA) is 66.2 Å². The molecular weight excluding hydrogens is 451 g/mol. The maximum absolute atomic E-state index is 9.43. The van der Waals surface area contributed by atoms with E-state index in [1.54, 1.807) is 12.1 Å². The molecule has 0 atom stereocenters. The summed E-state index contributed by atoms with van der Waals surface area (Å²) in [5.74, 6) is 0.493. The Hall–Kier alpha value is -1.98. The van der Waals surface area contributed by atoms with Crippen molar-refractivity contribution < 1.29 is 10.2 Å². The van der Waals surface area contributed by atoms with Crippen LogP contribution in [0.3, 0.4) is 0 Å². The van der Waals surface area contributed by atoms with E-state index < -0.39 is 0 Å². The number of nitrogens with zero attached hydrogens (tertiary/aromatic N) is 2. The Morgan fingerprint density at radius 3 is 1.42 bits per heavy atom. The molecule has 2 aromatic heterocycles. The van der Waals surface area contributed by atoms with Gasteiger partial charge in [0.1, 0.15) is 22.5 Å². The van der Waals surface area contributed by atoms with Gasteiger partial charge in [0.05, 0.1) is 0 Å². The van der Waals surface area contributed by atoms with Gasteiger partial charge in [-0.15, -0.1) is 0 Å². The van der Waals surface area contributed by atoms with Crippen LogP contribution in [-0.4, -0.2) is 43.4 Å². The number of hydrogen-bond donors (Lipinski definition) is 2. The van der Waals surface area contributed by atoms with Crippen LogP contribution >= 0.6 is 8.58 Å². The number of phenolic OH excluding ortho intramolecular Hbond substituents is 2. The Morgan fingerprint density at radius 2 is 1.04 bits per heavy atom. The molecule has 132 valence electrons. The fourth-order valence-electron chi connectivity index (χ4n) is 2.46. The summed E-state index contributed by atoms with van der Waals surface area (Å²) in [6.07, 6.45) is 0. The molecule has 4 aromatic rings. The summed E-state index contributed by atoms with van der Waals surface area (Å²) in [5.41, 5.74) is 3.20. The number of fused-ring (bicyclic) bond motifs is 2. The third kappa shape index (κ3) is 5.02. The third-order valence-corrected chi connectivity index (χ3v) is 3.68. The predicted octanol–water partition coefficient (Wildman–Crippen LogP) is 4.27. The van der Waals surface area contributed by atoms with Gasteiger partial charge in [0.25, 0.3) is 0 Å². The zero-order valence-corrected chi connectivity index (χ0v) is 21.4. The van der Waals surface area contributed by atoms with Gasteiger partial charge in [-0.1, -0.05) is 36.4 Å². The summed E-state index contributed by atoms with van der Waals surface area (Å²) in [6.45, 7) is 3.82. The normalized spacial score (nSPS) is 9.81. The number of halogens is 1. The Morgan fingerprint density at radius 1 is 0.654 bits per heavy atom. The minimum atomic E-state index is 0.246. The molecule has 4 rings (SSSR count). The zero-order chi connectivity index (χ0) is 19.1. The number of pyridine rings is 2. The fraction of sp³-hybridized carbons (Fsp3) is 0.100. The van der Waals surface area contributed by atoms with Crippen molar-refractivity contribution in [2.24, 2.45) is 0 Å². The summed E-state index contributed by atoms with van der Waals surface area (Å²) < 4.78 is 0. The SMILES string of the molecule is Cc1ccc2cccc(O)c2n1.Cc1ccc2cccc(O)c2n1.[Cl][InH2]. The van der Waals surface area contributed by atoms with Crippen molar-refractivity contribution in [2.75, 3.05) is 0 Å². The van der Waals surface area contributed by atoms with Crippen LogP contribution in [0.15, 0.2) is 60.7 Å². The van der Waals surface area contributed by atoms with E-state index in [0.29, 0.717) is 34.2 Å². The molecule has 0 unspecified atom stereocenters. The number of rotatable bonds is 0. The molecule has 0 saturated heterocycles. The Bertz CT molecular complexity index is 942. The molecule has 0 aliphatic rings. The van der Waals surface area contributed by atoms with E-state index in [2.05, 4.69) is 9.97 Å². The second-order valence-electron chi connectivity index (χ2n) is 5.60. The molecule has 2 aromatic carbocycles. The van der Waals surface area contributed by atoms with E-state index in [1.807, 2.05) is 62.4 Å². The van der Waals surface area contributed by atoms with Crippen molar-refractivity contribution in [1.82, 2.24) is 9.97 Å². The van der Waals surface area contributed by atoms with E-state index in [9.17, 15) is 10.2 Å². The summed E-state index contributed by atoms with van der Waals surface area (Å²) in [7, 11) is 4.85. The van der Waals surface area contributed by atoms with Crippen molar-refractivity contribution in [2.45, 2.75) is 13.8 Å². The molecule has 0 spiro atoms. The van der Waals surface area contributed by atoms with Crippen molar-refractivity contribution >= 4 is 53.6 Å². The first-order valence-corrected chi connectivity index (χ1v) is 15.3. The molecule has 4 nitrogen and oxygen atoms in total. The zero-order valence-electron chi connectivity index (χ0n) is 14.9. The average Bonchev–Trinajstić information content (AvgIpc) is 2.65. The van der Waals surface area contributed by atoms with Crippen LogP contribution in [-0.2, 0) is 0 Å². The number of benzene rings is 2. The number of aromatic nitrogens is 2. The maximum atomic E-state index is 9.43. The van der Waals surface area contributed by atoms with Crippen LogP contribution in [0.4, 0.5) is 0 Å². The molecular formula is C20H20ClInN2O2. The number of hydrogen-bond acceptors (Lipinski definition) is 4. The quantitative estimate of drug-likeness (QED) is 0.403. The first-order chi connectivity index (χ1) is 12.5. The second-order valence-corrected chi connectivity index (χ2v) is 5.60. The van der Waals surface area contributed by atoms with Gasteiger partial charge in [-0.2, -0.15) is 0 Å². The van der Waals surface area contributed by atoms with Crippen LogP contribution in [0.5, 0.6) is 11.5 Å². The molecule has 0 aliphatic carbocycles. The van der Waals surface area contributed by atoms with E-state index in [0.717, 1.165) is 22.2 Å². The Balaban J connectivity index is 0.000000171. The first kappa shape index (κ1) is 20.3. The standard InChI is InChI=1S/2C10H9NO.ClH.In.2H/c2*1-7-5-6-8-3-2-4-9(12)10(8)11-7;;;;/h2*2-6,12H,1H3;1H;;;/q;;;+1;;/p-1. The Kier molecular flexibility index (Phi) is 7.54. The number of phenols is 2. The van der Waals surface area contributed by atoms with Gasteiger partial charge in [0.15, 0.2) is 0 Å². The second kappa shape index (κ2) is 9.64. The van der Waals surface area contributed by atoms with Gasteiger partial charge in [0, 0.05) is 22.2 Å². The van der Waals surface area contributed by atoms with Crippen molar-refractivity contribution in [1.29, 1.82) is 0 Å². The summed E-state index contributed by atoms with van der Waals surface area (Å²) in [5, 5.41) is 20.8. The fourth-order valence-corrected chi connectivity index (χ4v) is 2.46.